The van der Waals surface area contributed by atoms with Gasteiger partial charge in [0.25, 0.3) is 5.91 Å². The van der Waals surface area contributed by atoms with Crippen LogP contribution >= 0.6 is 11.3 Å². The molecule has 5 heterocycles. The SMILES string of the molecule is O=C(c1ccsc1)N1CCC(N2C[C@H]3C[C@H](C2)[C@H]2CCCC(=O)N2C3)CC1. The number of thiophene rings is 1. The van der Waals surface area contributed by atoms with E-state index < -0.39 is 0 Å². The summed E-state index contributed by atoms with van der Waals surface area (Å²) in [6, 6.07) is 3.03. The van der Waals surface area contributed by atoms with E-state index in [1.807, 2.05) is 21.7 Å². The third-order valence-corrected chi connectivity index (χ3v) is 7.93. The molecule has 0 spiro atoms. The number of piperidine rings is 4. The molecule has 1 aromatic heterocycles. The van der Waals surface area contributed by atoms with E-state index in [0.29, 0.717) is 29.8 Å². The molecular weight excluding hydrogens is 358 g/mol. The summed E-state index contributed by atoms with van der Waals surface area (Å²) in [6.45, 7) is 5.01. The summed E-state index contributed by atoms with van der Waals surface area (Å²) < 4.78 is 0. The van der Waals surface area contributed by atoms with Crippen molar-refractivity contribution in [2.45, 2.75) is 50.6 Å². The molecule has 27 heavy (non-hydrogen) atoms. The quantitative estimate of drug-likeness (QED) is 0.784. The number of hydrogen-bond acceptors (Lipinski definition) is 4. The standard InChI is InChI=1S/C21H29N3O2S/c25-20-3-1-2-19-17-10-15(12-24(19)20)11-23(13-17)18-4-7-22(8-5-18)21(26)16-6-9-27-14-16/h6,9,14-15,17-19H,1-5,7-8,10-13H2/t15-,17-,19-/m1/s1. The summed E-state index contributed by atoms with van der Waals surface area (Å²) in [5.41, 5.74) is 0.841. The Kier molecular flexibility index (Phi) is 4.72. The number of rotatable bonds is 2. The molecule has 0 N–H and O–H groups in total. The molecule has 4 aliphatic heterocycles. The molecule has 0 aromatic carbocycles. The first-order chi connectivity index (χ1) is 13.2. The van der Waals surface area contributed by atoms with Crippen molar-refractivity contribution in [1.29, 1.82) is 0 Å². The predicted molar refractivity (Wildman–Crippen MR) is 106 cm³/mol. The summed E-state index contributed by atoms with van der Waals surface area (Å²) in [6.07, 6.45) is 6.51. The molecule has 0 saturated carbocycles. The molecule has 1 aromatic rings. The zero-order valence-corrected chi connectivity index (χ0v) is 16.7. The fourth-order valence-electron chi connectivity index (χ4n) is 5.95. The maximum absolute atomic E-state index is 12.6. The zero-order chi connectivity index (χ0) is 18.4. The van der Waals surface area contributed by atoms with Crippen molar-refractivity contribution in [3.8, 4) is 0 Å². The van der Waals surface area contributed by atoms with Crippen LogP contribution in [0.15, 0.2) is 16.8 Å². The normalized spacial score (nSPS) is 32.4. The minimum absolute atomic E-state index is 0.196. The van der Waals surface area contributed by atoms with Crippen molar-refractivity contribution in [3.63, 3.8) is 0 Å². The zero-order valence-electron chi connectivity index (χ0n) is 15.9. The van der Waals surface area contributed by atoms with Crippen LogP contribution in [0.25, 0.3) is 0 Å². The fraction of sp³-hybridized carbons (Fsp3) is 0.714. The molecule has 4 fully saturated rings. The lowest BCUT2D eigenvalue weighted by molar-refractivity contribution is -0.145. The van der Waals surface area contributed by atoms with Crippen LogP contribution in [0.2, 0.25) is 0 Å². The number of likely N-dealkylation sites (tertiary alicyclic amines) is 2. The van der Waals surface area contributed by atoms with Crippen LogP contribution in [0.4, 0.5) is 0 Å². The molecule has 0 radical (unpaired) electrons. The Bertz CT molecular complexity index is 698. The topological polar surface area (TPSA) is 43.9 Å². The van der Waals surface area contributed by atoms with Crippen LogP contribution in [0, 0.1) is 11.8 Å². The van der Waals surface area contributed by atoms with Gasteiger partial charge in [-0.1, -0.05) is 0 Å². The van der Waals surface area contributed by atoms with Crippen LogP contribution in [0.1, 0.15) is 48.9 Å². The van der Waals surface area contributed by atoms with Gasteiger partial charge in [-0.2, -0.15) is 11.3 Å². The Morgan fingerprint density at radius 3 is 2.74 bits per heavy atom. The largest absolute Gasteiger partial charge is 0.339 e. The van der Waals surface area contributed by atoms with Crippen LogP contribution in [-0.2, 0) is 4.79 Å². The van der Waals surface area contributed by atoms with Crippen LogP contribution < -0.4 is 0 Å². The van der Waals surface area contributed by atoms with Crippen molar-refractivity contribution in [1.82, 2.24) is 14.7 Å². The lowest BCUT2D eigenvalue weighted by Crippen LogP contribution is -2.62. The summed E-state index contributed by atoms with van der Waals surface area (Å²) >= 11 is 1.59. The summed E-state index contributed by atoms with van der Waals surface area (Å²) in [5, 5.41) is 3.93. The van der Waals surface area contributed by atoms with Gasteiger partial charge in [0.05, 0.1) is 5.56 Å². The van der Waals surface area contributed by atoms with E-state index in [1.165, 1.54) is 12.8 Å². The number of nitrogens with zero attached hydrogens (tertiary/aromatic N) is 3. The third-order valence-electron chi connectivity index (χ3n) is 7.24. The highest BCUT2D eigenvalue weighted by Gasteiger charge is 2.45. The van der Waals surface area contributed by atoms with Gasteiger partial charge in [-0.05, 0) is 55.4 Å². The first kappa shape index (κ1) is 17.7. The van der Waals surface area contributed by atoms with E-state index in [1.54, 1.807) is 11.3 Å². The minimum atomic E-state index is 0.196. The van der Waals surface area contributed by atoms with Gasteiger partial charge >= 0.3 is 0 Å². The summed E-state index contributed by atoms with van der Waals surface area (Å²) in [4.78, 5) is 31.9. The number of carbonyl (C=O) groups is 2. The second kappa shape index (κ2) is 7.21. The van der Waals surface area contributed by atoms with Gasteiger partial charge in [-0.3, -0.25) is 14.5 Å². The average molecular weight is 388 g/mol. The number of hydrogen-bond donors (Lipinski definition) is 0. The smallest absolute Gasteiger partial charge is 0.254 e. The molecule has 0 unspecified atom stereocenters. The first-order valence-corrected chi connectivity index (χ1v) is 11.5. The number of amides is 2. The average Bonchev–Trinajstić information content (AvgIpc) is 3.23. The second-order valence-corrected chi connectivity index (χ2v) is 9.64. The van der Waals surface area contributed by atoms with Gasteiger partial charge in [0.2, 0.25) is 5.91 Å². The van der Waals surface area contributed by atoms with Crippen LogP contribution in [0.3, 0.4) is 0 Å². The molecule has 146 valence electrons. The van der Waals surface area contributed by atoms with Gasteiger partial charge in [0.15, 0.2) is 0 Å². The van der Waals surface area contributed by atoms with Crippen LogP contribution in [0.5, 0.6) is 0 Å². The Morgan fingerprint density at radius 1 is 1.11 bits per heavy atom. The van der Waals surface area contributed by atoms with Crippen molar-refractivity contribution in [3.05, 3.63) is 22.4 Å². The van der Waals surface area contributed by atoms with E-state index in [4.69, 9.17) is 0 Å². The maximum Gasteiger partial charge on any atom is 0.254 e. The third kappa shape index (κ3) is 3.31. The lowest BCUT2D eigenvalue weighted by Gasteiger charge is -2.54. The monoisotopic (exact) mass is 387 g/mol. The molecule has 5 nitrogen and oxygen atoms in total. The first-order valence-electron chi connectivity index (χ1n) is 10.5. The van der Waals surface area contributed by atoms with Crippen molar-refractivity contribution in [2.24, 2.45) is 11.8 Å². The molecule has 4 aliphatic rings. The Balaban J connectivity index is 1.20. The maximum atomic E-state index is 12.6. The number of fused-ring (bicyclic) bond motifs is 4. The molecule has 0 aliphatic carbocycles. The highest BCUT2D eigenvalue weighted by molar-refractivity contribution is 7.08. The Labute approximate surface area is 165 Å². The molecule has 2 bridgehead atoms. The van der Waals surface area contributed by atoms with Gasteiger partial charge in [-0.25, -0.2) is 0 Å². The summed E-state index contributed by atoms with van der Waals surface area (Å²) in [5.74, 6) is 1.90. The molecule has 4 saturated heterocycles. The molecule has 5 rings (SSSR count). The van der Waals surface area contributed by atoms with Gasteiger partial charge in [0.1, 0.15) is 0 Å². The fourth-order valence-corrected chi connectivity index (χ4v) is 6.58. The van der Waals surface area contributed by atoms with Crippen LogP contribution in [-0.4, -0.2) is 71.3 Å². The van der Waals surface area contributed by atoms with E-state index in [2.05, 4.69) is 9.80 Å². The predicted octanol–water partition coefficient (Wildman–Crippen LogP) is 2.69. The Hall–Kier alpha value is -1.40. The van der Waals surface area contributed by atoms with E-state index >= 15 is 0 Å². The number of carbonyl (C=O) groups excluding carboxylic acids is 2. The van der Waals surface area contributed by atoms with Crippen molar-refractivity contribution in [2.75, 3.05) is 32.7 Å². The highest BCUT2D eigenvalue weighted by atomic mass is 32.1. The molecule has 3 atom stereocenters. The molecule has 6 heteroatoms. The highest BCUT2D eigenvalue weighted by Crippen LogP contribution is 2.39. The van der Waals surface area contributed by atoms with E-state index in [9.17, 15) is 9.59 Å². The summed E-state index contributed by atoms with van der Waals surface area (Å²) in [7, 11) is 0. The lowest BCUT2D eigenvalue weighted by atomic mass is 9.75. The minimum Gasteiger partial charge on any atom is -0.339 e. The van der Waals surface area contributed by atoms with E-state index in [-0.39, 0.29) is 5.91 Å². The molecular formula is C21H29N3O2S. The van der Waals surface area contributed by atoms with Gasteiger partial charge in [0, 0.05) is 56.6 Å². The second-order valence-electron chi connectivity index (χ2n) is 8.86. The Morgan fingerprint density at radius 2 is 1.96 bits per heavy atom. The van der Waals surface area contributed by atoms with Crippen molar-refractivity contribution >= 4 is 23.2 Å². The van der Waals surface area contributed by atoms with Gasteiger partial charge < -0.3 is 9.80 Å². The van der Waals surface area contributed by atoms with Gasteiger partial charge in [-0.15, -0.1) is 0 Å². The van der Waals surface area contributed by atoms with Crippen molar-refractivity contribution < 1.29 is 9.59 Å². The molecule has 2 amide bonds. The van der Waals surface area contributed by atoms with E-state index in [0.717, 1.165) is 64.0 Å².